The summed E-state index contributed by atoms with van der Waals surface area (Å²) in [5.74, 6) is -0.963. The molecule has 1 rings (SSSR count). The lowest BCUT2D eigenvalue weighted by molar-refractivity contribution is -0.145. The Kier molecular flexibility index (Phi) is 5.57. The zero-order valence-corrected chi connectivity index (χ0v) is 12.8. The minimum atomic E-state index is -1.22. The summed E-state index contributed by atoms with van der Waals surface area (Å²) in [6.45, 7) is 8.01. The first-order chi connectivity index (χ1) is 9.12. The Balaban J connectivity index is 2.53. The lowest BCUT2D eigenvalue weighted by atomic mass is 9.69. The standard InChI is InChI=1S/C15H27NO4/c1-9(17)12(14(19)20)16-13(18)10-5-7-11(8-6-10)15(2,3)4/h9-12,17H,5-8H2,1-4H3,(H,16,18)(H,19,20). The second kappa shape index (κ2) is 6.57. The molecule has 1 saturated carbocycles. The fourth-order valence-electron chi connectivity index (χ4n) is 2.88. The average molecular weight is 285 g/mol. The van der Waals surface area contributed by atoms with Crippen LogP contribution in [-0.4, -0.2) is 34.2 Å². The summed E-state index contributed by atoms with van der Waals surface area (Å²) in [5, 5.41) is 20.8. The highest BCUT2D eigenvalue weighted by atomic mass is 16.4. The lowest BCUT2D eigenvalue weighted by Gasteiger charge is -2.36. The molecule has 0 aromatic rings. The predicted octanol–water partition coefficient (Wildman–Crippen LogP) is 1.79. The second-order valence-electron chi connectivity index (χ2n) is 6.98. The van der Waals surface area contributed by atoms with Crippen LogP contribution in [0, 0.1) is 17.3 Å². The fourth-order valence-corrected chi connectivity index (χ4v) is 2.88. The van der Waals surface area contributed by atoms with Gasteiger partial charge in [-0.1, -0.05) is 20.8 Å². The molecule has 0 aromatic heterocycles. The Hall–Kier alpha value is -1.10. The highest BCUT2D eigenvalue weighted by Crippen LogP contribution is 2.39. The number of carbonyl (C=O) groups is 2. The zero-order valence-electron chi connectivity index (χ0n) is 12.8. The van der Waals surface area contributed by atoms with Crippen molar-refractivity contribution in [1.29, 1.82) is 0 Å². The Labute approximate surface area is 120 Å². The molecule has 0 aromatic carbocycles. The monoisotopic (exact) mass is 285 g/mol. The molecule has 1 amide bonds. The number of rotatable bonds is 4. The van der Waals surface area contributed by atoms with Crippen LogP contribution in [0.1, 0.15) is 53.4 Å². The van der Waals surface area contributed by atoms with E-state index in [2.05, 4.69) is 26.1 Å². The largest absolute Gasteiger partial charge is 0.480 e. The Morgan fingerprint density at radius 3 is 2.00 bits per heavy atom. The molecule has 0 saturated heterocycles. The molecule has 1 fully saturated rings. The molecule has 0 heterocycles. The molecule has 1 aliphatic rings. The third-order valence-corrected chi connectivity index (χ3v) is 4.37. The molecule has 0 bridgehead atoms. The van der Waals surface area contributed by atoms with Gasteiger partial charge in [0, 0.05) is 5.92 Å². The molecular formula is C15H27NO4. The predicted molar refractivity (Wildman–Crippen MR) is 76.2 cm³/mol. The first kappa shape index (κ1) is 17.0. The molecule has 1 aliphatic carbocycles. The van der Waals surface area contributed by atoms with E-state index in [-0.39, 0.29) is 17.2 Å². The molecule has 5 nitrogen and oxygen atoms in total. The van der Waals surface area contributed by atoms with E-state index in [9.17, 15) is 14.7 Å². The second-order valence-corrected chi connectivity index (χ2v) is 6.98. The highest BCUT2D eigenvalue weighted by molar-refractivity contribution is 5.85. The van der Waals surface area contributed by atoms with Gasteiger partial charge in [-0.05, 0) is 43.9 Å². The third kappa shape index (κ3) is 4.47. The van der Waals surface area contributed by atoms with Gasteiger partial charge in [-0.15, -0.1) is 0 Å². The van der Waals surface area contributed by atoms with Crippen molar-refractivity contribution in [2.45, 2.75) is 65.5 Å². The van der Waals surface area contributed by atoms with E-state index in [1.54, 1.807) is 0 Å². The fraction of sp³-hybridized carbons (Fsp3) is 0.867. The molecule has 5 heteroatoms. The Morgan fingerprint density at radius 1 is 1.15 bits per heavy atom. The van der Waals surface area contributed by atoms with Gasteiger partial charge in [0.15, 0.2) is 6.04 Å². The summed E-state index contributed by atoms with van der Waals surface area (Å²) in [7, 11) is 0. The van der Waals surface area contributed by atoms with Gasteiger partial charge in [-0.25, -0.2) is 4.79 Å². The van der Waals surface area contributed by atoms with Gasteiger partial charge in [-0.3, -0.25) is 4.79 Å². The van der Waals surface area contributed by atoms with Crippen LogP contribution in [0.3, 0.4) is 0 Å². The number of amides is 1. The van der Waals surface area contributed by atoms with Gasteiger partial charge in [-0.2, -0.15) is 0 Å². The quantitative estimate of drug-likeness (QED) is 0.735. The number of carboxylic acid groups (broad SMARTS) is 1. The number of aliphatic carboxylic acids is 1. The van der Waals surface area contributed by atoms with Crippen LogP contribution in [0.2, 0.25) is 0 Å². The molecule has 0 spiro atoms. The van der Waals surface area contributed by atoms with Crippen LogP contribution < -0.4 is 5.32 Å². The number of aliphatic hydroxyl groups is 1. The van der Waals surface area contributed by atoms with Crippen LogP contribution in [0.5, 0.6) is 0 Å². The van der Waals surface area contributed by atoms with Crippen molar-refractivity contribution in [2.24, 2.45) is 17.3 Å². The Morgan fingerprint density at radius 2 is 1.65 bits per heavy atom. The molecule has 20 heavy (non-hydrogen) atoms. The molecule has 3 N–H and O–H groups in total. The lowest BCUT2D eigenvalue weighted by Crippen LogP contribution is -2.50. The molecule has 0 radical (unpaired) electrons. The van der Waals surface area contributed by atoms with Crippen molar-refractivity contribution in [2.75, 3.05) is 0 Å². The van der Waals surface area contributed by atoms with E-state index in [0.717, 1.165) is 25.7 Å². The summed E-state index contributed by atoms with van der Waals surface area (Å²) in [6, 6.07) is -1.22. The number of carbonyl (C=O) groups excluding carboxylic acids is 1. The number of hydrogen-bond acceptors (Lipinski definition) is 3. The van der Waals surface area contributed by atoms with Crippen molar-refractivity contribution in [1.82, 2.24) is 5.32 Å². The van der Waals surface area contributed by atoms with E-state index in [4.69, 9.17) is 5.11 Å². The highest BCUT2D eigenvalue weighted by Gasteiger charge is 2.34. The van der Waals surface area contributed by atoms with Gasteiger partial charge >= 0.3 is 5.97 Å². The van der Waals surface area contributed by atoms with E-state index in [1.165, 1.54) is 6.92 Å². The van der Waals surface area contributed by atoms with E-state index in [0.29, 0.717) is 5.92 Å². The SMILES string of the molecule is CC(O)C(NC(=O)C1CCC(C(C)(C)C)CC1)C(=O)O. The molecule has 116 valence electrons. The summed E-state index contributed by atoms with van der Waals surface area (Å²) in [5.41, 5.74) is 0.255. The Bertz CT molecular complexity index is 351. The van der Waals surface area contributed by atoms with Crippen molar-refractivity contribution in [3.8, 4) is 0 Å². The van der Waals surface area contributed by atoms with Gasteiger partial charge in [0.1, 0.15) is 0 Å². The van der Waals surface area contributed by atoms with Crippen molar-refractivity contribution in [3.05, 3.63) is 0 Å². The van der Waals surface area contributed by atoms with E-state index >= 15 is 0 Å². The topological polar surface area (TPSA) is 86.6 Å². The van der Waals surface area contributed by atoms with Crippen LogP contribution in [-0.2, 0) is 9.59 Å². The average Bonchev–Trinajstić information content (AvgIpc) is 2.34. The smallest absolute Gasteiger partial charge is 0.328 e. The van der Waals surface area contributed by atoms with E-state index < -0.39 is 18.1 Å². The third-order valence-electron chi connectivity index (χ3n) is 4.37. The maximum Gasteiger partial charge on any atom is 0.328 e. The summed E-state index contributed by atoms with van der Waals surface area (Å²) < 4.78 is 0. The van der Waals surface area contributed by atoms with Crippen molar-refractivity contribution >= 4 is 11.9 Å². The minimum Gasteiger partial charge on any atom is -0.480 e. The maximum atomic E-state index is 12.1. The van der Waals surface area contributed by atoms with Crippen LogP contribution in [0.4, 0.5) is 0 Å². The van der Waals surface area contributed by atoms with Gasteiger partial charge in [0.25, 0.3) is 0 Å². The number of nitrogens with one attached hydrogen (secondary N) is 1. The van der Waals surface area contributed by atoms with Crippen LogP contribution >= 0.6 is 0 Å². The minimum absolute atomic E-state index is 0.130. The summed E-state index contributed by atoms with van der Waals surface area (Å²) in [4.78, 5) is 23.1. The summed E-state index contributed by atoms with van der Waals surface area (Å²) in [6.07, 6.45) is 2.48. The zero-order chi connectivity index (χ0) is 15.5. The van der Waals surface area contributed by atoms with Gasteiger partial charge < -0.3 is 15.5 Å². The first-order valence-corrected chi connectivity index (χ1v) is 7.34. The van der Waals surface area contributed by atoms with Crippen LogP contribution in [0.25, 0.3) is 0 Å². The first-order valence-electron chi connectivity index (χ1n) is 7.34. The van der Waals surface area contributed by atoms with Crippen molar-refractivity contribution in [3.63, 3.8) is 0 Å². The molecule has 0 aliphatic heterocycles. The number of carboxylic acids is 1. The van der Waals surface area contributed by atoms with E-state index in [1.807, 2.05) is 0 Å². The maximum absolute atomic E-state index is 12.1. The molecular weight excluding hydrogens is 258 g/mol. The number of hydrogen-bond donors (Lipinski definition) is 3. The number of aliphatic hydroxyl groups excluding tert-OH is 1. The molecule has 2 unspecified atom stereocenters. The van der Waals surface area contributed by atoms with Crippen LogP contribution in [0.15, 0.2) is 0 Å². The normalized spacial score (nSPS) is 26.6. The molecule has 2 atom stereocenters. The van der Waals surface area contributed by atoms with Crippen molar-refractivity contribution < 1.29 is 19.8 Å². The van der Waals surface area contributed by atoms with Gasteiger partial charge in [0.05, 0.1) is 6.10 Å². The van der Waals surface area contributed by atoms with Gasteiger partial charge in [0.2, 0.25) is 5.91 Å². The summed E-state index contributed by atoms with van der Waals surface area (Å²) >= 11 is 0.